The van der Waals surface area contributed by atoms with Crippen molar-refractivity contribution >= 4 is 18.1 Å². The number of rotatable bonds is 4. The van der Waals surface area contributed by atoms with E-state index in [0.29, 0.717) is 5.75 Å². The van der Waals surface area contributed by atoms with Crippen LogP contribution in [0.5, 0.6) is 0 Å². The van der Waals surface area contributed by atoms with E-state index in [1.807, 2.05) is 0 Å². The molecule has 1 heterocycles. The second kappa shape index (κ2) is 3.12. The monoisotopic (exact) mass is 207 g/mol. The highest BCUT2D eigenvalue weighted by molar-refractivity contribution is 7.89. The van der Waals surface area contributed by atoms with Crippen LogP contribution in [0.15, 0.2) is 0 Å². The van der Waals surface area contributed by atoms with Crippen molar-refractivity contribution in [3.05, 3.63) is 0 Å². The van der Waals surface area contributed by atoms with Gasteiger partial charge >= 0.3 is 0 Å². The summed E-state index contributed by atoms with van der Waals surface area (Å²) in [6.45, 7) is 8.09. The van der Waals surface area contributed by atoms with Crippen LogP contribution in [-0.4, -0.2) is 39.6 Å². The van der Waals surface area contributed by atoms with Crippen LogP contribution >= 0.6 is 0 Å². The average Bonchev–Trinajstić information content (AvgIpc) is 2.62. The molecule has 0 aromatic rings. The van der Waals surface area contributed by atoms with Crippen LogP contribution < -0.4 is 0 Å². The fourth-order valence-electron chi connectivity index (χ4n) is 0.883. The fourth-order valence-corrected chi connectivity index (χ4v) is 5.26. The lowest BCUT2D eigenvalue weighted by atomic mass is 11.0. The maximum Gasteiger partial charge on any atom is 0.213 e. The molecule has 5 heteroatoms. The molecule has 0 amide bonds. The van der Waals surface area contributed by atoms with Crippen molar-refractivity contribution in [1.29, 1.82) is 0 Å². The Balaban J connectivity index is 2.41. The van der Waals surface area contributed by atoms with Gasteiger partial charge in [0.15, 0.2) is 0 Å². The third kappa shape index (κ3) is 3.24. The molecule has 1 saturated heterocycles. The summed E-state index contributed by atoms with van der Waals surface area (Å²) in [5.74, 6) is 0.364. The zero-order valence-electron chi connectivity index (χ0n) is 8.00. The number of hydrogen-bond donors (Lipinski definition) is 0. The highest BCUT2D eigenvalue weighted by atomic mass is 32.2. The lowest BCUT2D eigenvalue weighted by molar-refractivity contribution is 0.564. The van der Waals surface area contributed by atoms with E-state index in [0.717, 1.165) is 19.1 Å². The molecule has 12 heavy (non-hydrogen) atoms. The predicted molar refractivity (Wildman–Crippen MR) is 53.5 cm³/mol. The van der Waals surface area contributed by atoms with Crippen LogP contribution in [0.1, 0.15) is 0 Å². The normalized spacial score (nSPS) is 19.6. The summed E-state index contributed by atoms with van der Waals surface area (Å²) >= 11 is 0. The van der Waals surface area contributed by atoms with Gasteiger partial charge < -0.3 is 0 Å². The highest BCUT2D eigenvalue weighted by Gasteiger charge is 2.32. The maximum absolute atomic E-state index is 11.4. The number of hydrogen-bond acceptors (Lipinski definition) is 2. The maximum atomic E-state index is 11.4. The van der Waals surface area contributed by atoms with Gasteiger partial charge in [0.05, 0.1) is 5.75 Å². The molecule has 0 spiro atoms. The molecule has 1 rings (SSSR count). The summed E-state index contributed by atoms with van der Waals surface area (Å²) in [6.07, 6.45) is 0. The summed E-state index contributed by atoms with van der Waals surface area (Å²) in [4.78, 5) is 0. The van der Waals surface area contributed by atoms with Gasteiger partial charge in [0.25, 0.3) is 0 Å². The Bertz CT molecular complexity index is 251. The minimum atomic E-state index is -2.85. The van der Waals surface area contributed by atoms with E-state index in [1.165, 1.54) is 0 Å². The van der Waals surface area contributed by atoms with Gasteiger partial charge in [-0.15, -0.1) is 0 Å². The van der Waals surface area contributed by atoms with Crippen molar-refractivity contribution in [2.45, 2.75) is 25.7 Å². The standard InChI is InChI=1S/C7H17NO2SSi/c1-12(2,3)7-6-11(9,10)8-4-5-8/h4-7H2,1-3H3. The van der Waals surface area contributed by atoms with Gasteiger partial charge in [0, 0.05) is 21.2 Å². The van der Waals surface area contributed by atoms with Crippen LogP contribution in [0.2, 0.25) is 25.7 Å². The predicted octanol–water partition coefficient (Wildman–Crippen LogP) is 0.970. The summed E-state index contributed by atoms with van der Waals surface area (Å²) in [6, 6.07) is 0.881. The molecule has 1 fully saturated rings. The summed E-state index contributed by atoms with van der Waals surface area (Å²) in [5, 5.41) is 0. The zero-order chi connectivity index (χ0) is 9.41. The molecule has 0 aromatic carbocycles. The summed E-state index contributed by atoms with van der Waals surface area (Å²) < 4.78 is 24.3. The lowest BCUT2D eigenvalue weighted by Crippen LogP contribution is -2.26. The second-order valence-electron chi connectivity index (χ2n) is 4.53. The second-order valence-corrected chi connectivity index (χ2v) is 12.2. The minimum Gasteiger partial charge on any atom is -0.212 e. The quantitative estimate of drug-likeness (QED) is 0.509. The van der Waals surface area contributed by atoms with Gasteiger partial charge in [-0.3, -0.25) is 0 Å². The minimum absolute atomic E-state index is 0.364. The highest BCUT2D eigenvalue weighted by Crippen LogP contribution is 2.17. The Hall–Kier alpha value is 0.127. The first-order valence-corrected chi connectivity index (χ1v) is 9.61. The fraction of sp³-hybridized carbons (Fsp3) is 1.00. The molecule has 0 N–H and O–H groups in total. The largest absolute Gasteiger partial charge is 0.213 e. The van der Waals surface area contributed by atoms with Gasteiger partial charge in [0.1, 0.15) is 0 Å². The molecule has 1 aliphatic heterocycles. The Morgan fingerprint density at radius 2 is 1.75 bits per heavy atom. The molecule has 1 aliphatic rings. The van der Waals surface area contributed by atoms with Gasteiger partial charge in [-0.25, -0.2) is 8.42 Å². The van der Waals surface area contributed by atoms with Crippen LogP contribution in [0.4, 0.5) is 0 Å². The van der Waals surface area contributed by atoms with Crippen molar-refractivity contribution in [2.75, 3.05) is 18.8 Å². The molecular formula is C7H17NO2SSi. The van der Waals surface area contributed by atoms with Crippen LogP contribution in [-0.2, 0) is 10.0 Å². The molecule has 0 saturated carbocycles. The van der Waals surface area contributed by atoms with Crippen molar-refractivity contribution < 1.29 is 8.42 Å². The molecule has 0 aliphatic carbocycles. The van der Waals surface area contributed by atoms with E-state index in [1.54, 1.807) is 4.31 Å². The number of nitrogens with zero attached hydrogens (tertiary/aromatic N) is 1. The van der Waals surface area contributed by atoms with Gasteiger partial charge in [-0.05, 0) is 6.04 Å². The Labute approximate surface area is 75.8 Å². The van der Waals surface area contributed by atoms with Crippen LogP contribution in [0.3, 0.4) is 0 Å². The Morgan fingerprint density at radius 1 is 1.25 bits per heavy atom. The smallest absolute Gasteiger partial charge is 0.212 e. The molecule has 0 unspecified atom stereocenters. The zero-order valence-corrected chi connectivity index (χ0v) is 9.82. The SMILES string of the molecule is C[Si](C)(C)CCS(=O)(=O)N1CC1. The van der Waals surface area contributed by atoms with Crippen molar-refractivity contribution in [3.63, 3.8) is 0 Å². The van der Waals surface area contributed by atoms with Crippen molar-refractivity contribution in [3.8, 4) is 0 Å². The molecule has 0 atom stereocenters. The average molecular weight is 207 g/mol. The first-order valence-electron chi connectivity index (χ1n) is 4.29. The Morgan fingerprint density at radius 3 is 2.08 bits per heavy atom. The van der Waals surface area contributed by atoms with Crippen molar-refractivity contribution in [2.24, 2.45) is 0 Å². The lowest BCUT2D eigenvalue weighted by Gasteiger charge is -2.15. The summed E-state index contributed by atoms with van der Waals surface area (Å²) in [5.41, 5.74) is 0. The van der Waals surface area contributed by atoms with E-state index in [4.69, 9.17) is 0 Å². The van der Waals surface area contributed by atoms with E-state index in [2.05, 4.69) is 19.6 Å². The van der Waals surface area contributed by atoms with E-state index in [9.17, 15) is 8.42 Å². The molecule has 0 aromatic heterocycles. The topological polar surface area (TPSA) is 37.1 Å². The third-order valence-electron chi connectivity index (χ3n) is 1.91. The van der Waals surface area contributed by atoms with Gasteiger partial charge in [-0.1, -0.05) is 19.6 Å². The van der Waals surface area contributed by atoms with E-state index >= 15 is 0 Å². The van der Waals surface area contributed by atoms with E-state index in [-0.39, 0.29) is 0 Å². The van der Waals surface area contributed by atoms with Crippen LogP contribution in [0.25, 0.3) is 0 Å². The molecule has 72 valence electrons. The third-order valence-corrected chi connectivity index (χ3v) is 5.89. The summed E-state index contributed by atoms with van der Waals surface area (Å²) in [7, 11) is -4.04. The van der Waals surface area contributed by atoms with E-state index < -0.39 is 18.1 Å². The molecule has 0 radical (unpaired) electrons. The molecule has 0 bridgehead atoms. The first-order chi connectivity index (χ1) is 5.31. The van der Waals surface area contributed by atoms with Crippen LogP contribution in [0, 0.1) is 0 Å². The number of sulfonamides is 1. The van der Waals surface area contributed by atoms with Gasteiger partial charge in [0.2, 0.25) is 10.0 Å². The Kier molecular flexibility index (Phi) is 2.65. The first kappa shape index (κ1) is 10.2. The van der Waals surface area contributed by atoms with Gasteiger partial charge in [-0.2, -0.15) is 4.31 Å². The molecular weight excluding hydrogens is 190 g/mol. The van der Waals surface area contributed by atoms with Crippen molar-refractivity contribution in [1.82, 2.24) is 4.31 Å². The molecule has 3 nitrogen and oxygen atoms in total.